The van der Waals surface area contributed by atoms with Crippen molar-refractivity contribution in [2.24, 2.45) is 0 Å². The summed E-state index contributed by atoms with van der Waals surface area (Å²) in [7, 11) is -3.55. The van der Waals surface area contributed by atoms with E-state index in [1.54, 1.807) is 45.0 Å². The quantitative estimate of drug-likeness (QED) is 0.496. The lowest BCUT2D eigenvalue weighted by Crippen LogP contribution is -2.30. The molecule has 1 heterocycles. The molecule has 174 valence electrons. The average Bonchev–Trinajstić information content (AvgIpc) is 2.78. The maximum atomic E-state index is 12.5. The molecule has 0 aliphatic rings. The third-order valence-electron chi connectivity index (χ3n) is 4.83. The molecule has 0 unspecified atom stereocenters. The molecule has 0 spiro atoms. The van der Waals surface area contributed by atoms with Crippen molar-refractivity contribution in [3.8, 4) is 17.1 Å². The van der Waals surface area contributed by atoms with Gasteiger partial charge in [0.05, 0.1) is 4.90 Å². The number of rotatable bonds is 9. The molecule has 3 aromatic rings. The van der Waals surface area contributed by atoms with Gasteiger partial charge in [-0.2, -0.15) is 4.31 Å². The Kier molecular flexibility index (Phi) is 7.62. The first-order chi connectivity index (χ1) is 15.7. The van der Waals surface area contributed by atoms with Crippen LogP contribution in [0.4, 0.5) is 5.69 Å². The van der Waals surface area contributed by atoms with Crippen LogP contribution in [0.25, 0.3) is 11.4 Å². The van der Waals surface area contributed by atoms with Crippen molar-refractivity contribution >= 4 is 21.6 Å². The minimum absolute atomic E-state index is 0.169. The highest BCUT2D eigenvalue weighted by Gasteiger charge is 2.21. The van der Waals surface area contributed by atoms with Crippen molar-refractivity contribution in [1.29, 1.82) is 0 Å². The number of carbonyl (C=O) groups excluding carboxylic acids is 1. The van der Waals surface area contributed by atoms with Crippen molar-refractivity contribution in [3.63, 3.8) is 0 Å². The molecule has 0 atom stereocenters. The number of nitrogens with one attached hydrogen (secondary N) is 2. The Morgan fingerprint density at radius 1 is 1.09 bits per heavy atom. The van der Waals surface area contributed by atoms with Crippen LogP contribution in [-0.2, 0) is 14.8 Å². The number of benzene rings is 2. The van der Waals surface area contributed by atoms with Gasteiger partial charge in [0.2, 0.25) is 10.0 Å². The second-order valence-electron chi connectivity index (χ2n) is 7.21. The molecule has 0 aliphatic heterocycles. The van der Waals surface area contributed by atoms with E-state index < -0.39 is 15.9 Å². The Bertz CT molecular complexity index is 1280. The number of aryl methyl sites for hydroxylation is 1. The van der Waals surface area contributed by atoms with E-state index in [1.807, 2.05) is 0 Å². The highest BCUT2D eigenvalue weighted by molar-refractivity contribution is 7.89. The monoisotopic (exact) mass is 470 g/mol. The fourth-order valence-electron chi connectivity index (χ4n) is 3.23. The fourth-order valence-corrected chi connectivity index (χ4v) is 4.68. The summed E-state index contributed by atoms with van der Waals surface area (Å²) in [5.74, 6) is 0.392. The maximum absolute atomic E-state index is 12.5. The van der Waals surface area contributed by atoms with Crippen LogP contribution in [0.1, 0.15) is 19.5 Å². The van der Waals surface area contributed by atoms with Gasteiger partial charge in [0.15, 0.2) is 6.61 Å². The third-order valence-corrected chi connectivity index (χ3v) is 6.89. The summed E-state index contributed by atoms with van der Waals surface area (Å²) in [6, 6.07) is 14.3. The van der Waals surface area contributed by atoms with Crippen LogP contribution in [-0.4, -0.2) is 48.3 Å². The van der Waals surface area contributed by atoms with Crippen molar-refractivity contribution in [2.75, 3.05) is 25.0 Å². The number of carbonyl (C=O) groups is 1. The van der Waals surface area contributed by atoms with Crippen LogP contribution in [0.2, 0.25) is 0 Å². The number of aromatic amines is 1. The average molecular weight is 471 g/mol. The van der Waals surface area contributed by atoms with Crippen LogP contribution in [0, 0.1) is 6.92 Å². The van der Waals surface area contributed by atoms with Crippen molar-refractivity contribution in [3.05, 3.63) is 70.6 Å². The van der Waals surface area contributed by atoms with Gasteiger partial charge in [-0.1, -0.05) is 26.0 Å². The number of H-pyrrole nitrogens is 1. The first-order valence-electron chi connectivity index (χ1n) is 10.4. The Balaban J connectivity index is 1.62. The van der Waals surface area contributed by atoms with Gasteiger partial charge >= 0.3 is 0 Å². The number of sulfonamides is 1. The van der Waals surface area contributed by atoms with Crippen LogP contribution in [0.5, 0.6) is 5.75 Å². The van der Waals surface area contributed by atoms with E-state index in [9.17, 15) is 18.0 Å². The molecule has 33 heavy (non-hydrogen) atoms. The summed E-state index contributed by atoms with van der Waals surface area (Å²) in [6.45, 7) is 5.80. The molecule has 9 nitrogen and oxygen atoms in total. The van der Waals surface area contributed by atoms with Gasteiger partial charge in [-0.25, -0.2) is 13.4 Å². The minimum Gasteiger partial charge on any atom is -0.484 e. The largest absolute Gasteiger partial charge is 0.484 e. The highest BCUT2D eigenvalue weighted by atomic mass is 32.2. The summed E-state index contributed by atoms with van der Waals surface area (Å²) in [4.78, 5) is 31.2. The number of amides is 1. The third kappa shape index (κ3) is 6.05. The summed E-state index contributed by atoms with van der Waals surface area (Å²) >= 11 is 0. The predicted octanol–water partition coefficient (Wildman–Crippen LogP) is 2.79. The Morgan fingerprint density at radius 2 is 1.79 bits per heavy atom. The van der Waals surface area contributed by atoms with Crippen LogP contribution in [0.15, 0.2) is 64.3 Å². The van der Waals surface area contributed by atoms with Gasteiger partial charge < -0.3 is 15.0 Å². The van der Waals surface area contributed by atoms with Gasteiger partial charge in [-0.15, -0.1) is 0 Å². The van der Waals surface area contributed by atoms with Gasteiger partial charge in [-0.3, -0.25) is 9.59 Å². The lowest BCUT2D eigenvalue weighted by Gasteiger charge is -2.18. The first-order valence-corrected chi connectivity index (χ1v) is 11.9. The van der Waals surface area contributed by atoms with Crippen LogP contribution < -0.4 is 15.6 Å². The molecule has 0 fully saturated rings. The van der Waals surface area contributed by atoms with E-state index >= 15 is 0 Å². The van der Waals surface area contributed by atoms with E-state index in [1.165, 1.54) is 34.6 Å². The number of aromatic nitrogens is 2. The molecule has 0 aliphatic carbocycles. The molecule has 2 N–H and O–H groups in total. The van der Waals surface area contributed by atoms with Crippen molar-refractivity contribution < 1.29 is 17.9 Å². The van der Waals surface area contributed by atoms with Crippen LogP contribution in [0.3, 0.4) is 0 Å². The number of hydrogen-bond donors (Lipinski definition) is 2. The minimum atomic E-state index is -3.55. The van der Waals surface area contributed by atoms with Gasteiger partial charge in [0.25, 0.3) is 11.5 Å². The molecular formula is C23H26N4O5S. The smallest absolute Gasteiger partial charge is 0.262 e. The topological polar surface area (TPSA) is 121 Å². The van der Waals surface area contributed by atoms with Gasteiger partial charge in [0.1, 0.15) is 11.6 Å². The van der Waals surface area contributed by atoms with E-state index in [0.29, 0.717) is 41.6 Å². The standard InChI is InChI=1S/C23H26N4O5S/c1-4-27(5-2)33(30,31)20-11-9-19(10-12-20)32-15-22(29)25-18-8-6-7-17(14-18)23-24-16(3)13-21(28)26-23/h6-14H,4-5,15H2,1-3H3,(H,25,29)(H,24,26,28). The van der Waals surface area contributed by atoms with Gasteiger partial charge in [0, 0.05) is 36.1 Å². The molecule has 1 amide bonds. The van der Waals surface area contributed by atoms with Crippen molar-refractivity contribution in [2.45, 2.75) is 25.7 Å². The summed E-state index contributed by atoms with van der Waals surface area (Å²) in [5.41, 5.74) is 1.51. The van der Waals surface area contributed by atoms with Crippen LogP contribution >= 0.6 is 0 Å². The van der Waals surface area contributed by atoms with E-state index in [0.717, 1.165) is 0 Å². The SMILES string of the molecule is CCN(CC)S(=O)(=O)c1ccc(OCC(=O)Nc2cccc(-c3nc(C)cc(=O)[nH]3)c2)cc1. The second-order valence-corrected chi connectivity index (χ2v) is 9.15. The lowest BCUT2D eigenvalue weighted by molar-refractivity contribution is -0.118. The maximum Gasteiger partial charge on any atom is 0.262 e. The van der Waals surface area contributed by atoms with E-state index in [2.05, 4.69) is 15.3 Å². The van der Waals surface area contributed by atoms with E-state index in [4.69, 9.17) is 4.74 Å². The fraction of sp³-hybridized carbons (Fsp3) is 0.261. The van der Waals surface area contributed by atoms with Gasteiger partial charge in [-0.05, 0) is 43.3 Å². The number of anilines is 1. The Morgan fingerprint density at radius 3 is 2.42 bits per heavy atom. The predicted molar refractivity (Wildman–Crippen MR) is 126 cm³/mol. The Labute approximate surface area is 192 Å². The number of ether oxygens (including phenoxy) is 1. The first kappa shape index (κ1) is 24.1. The summed E-state index contributed by atoms with van der Waals surface area (Å²) < 4.78 is 31.9. The molecule has 0 bridgehead atoms. The molecule has 3 rings (SSSR count). The molecule has 2 aromatic carbocycles. The number of hydrogen-bond acceptors (Lipinski definition) is 6. The molecule has 0 radical (unpaired) electrons. The summed E-state index contributed by atoms with van der Waals surface area (Å²) in [5, 5.41) is 2.73. The Hall–Kier alpha value is -3.50. The molecule has 0 saturated carbocycles. The van der Waals surface area contributed by atoms with Crippen molar-refractivity contribution in [1.82, 2.24) is 14.3 Å². The zero-order chi connectivity index (χ0) is 24.0. The molecule has 1 aromatic heterocycles. The summed E-state index contributed by atoms with van der Waals surface area (Å²) in [6.07, 6.45) is 0. The normalized spacial score (nSPS) is 11.4. The molecule has 0 saturated heterocycles. The zero-order valence-electron chi connectivity index (χ0n) is 18.7. The highest BCUT2D eigenvalue weighted by Crippen LogP contribution is 2.21. The number of nitrogens with zero attached hydrogens (tertiary/aromatic N) is 2. The molecular weight excluding hydrogens is 444 g/mol. The zero-order valence-corrected chi connectivity index (χ0v) is 19.5. The van der Waals surface area contributed by atoms with E-state index in [-0.39, 0.29) is 17.1 Å². The lowest BCUT2D eigenvalue weighted by atomic mass is 10.2. The second kappa shape index (κ2) is 10.4. The molecule has 10 heteroatoms.